The molecule has 1 aromatic carbocycles. The minimum absolute atomic E-state index is 0.0321. The van der Waals surface area contributed by atoms with E-state index in [1.54, 1.807) is 27.7 Å². The fourth-order valence-electron chi connectivity index (χ4n) is 2.55. The van der Waals surface area contributed by atoms with Gasteiger partial charge in [0.05, 0.1) is 5.41 Å². The number of rotatable bonds is 3. The summed E-state index contributed by atoms with van der Waals surface area (Å²) in [5.74, 6) is -3.35. The second-order valence-corrected chi connectivity index (χ2v) is 7.45. The largest absolute Gasteiger partial charge is 0.482 e. The summed E-state index contributed by atoms with van der Waals surface area (Å²) in [6.45, 7) is 6.83. The van der Waals surface area contributed by atoms with Crippen LogP contribution in [0.4, 0.5) is 19.3 Å². The minimum atomic E-state index is -1.02. The van der Waals surface area contributed by atoms with Crippen molar-refractivity contribution in [3.05, 3.63) is 23.8 Å². The molecule has 1 aromatic rings. The fourth-order valence-corrected chi connectivity index (χ4v) is 2.55. The number of ether oxygens (including phenoxy) is 1. The number of benzene rings is 1. The van der Waals surface area contributed by atoms with Crippen LogP contribution in [0.1, 0.15) is 34.1 Å². The molecule has 8 heteroatoms. The standard InChI is InChI=1S/C17H22F2N2O4/c1-16(2,3)25-13-11(18)7-10(8-12(13)19)20-15(24)21-6-5-17(4,9-21)14(22)23/h7-8H,5-6,9H2,1-4H3,(H,20,24)(H,22,23). The number of carbonyl (C=O) groups is 2. The summed E-state index contributed by atoms with van der Waals surface area (Å²) >= 11 is 0. The van der Waals surface area contributed by atoms with Gasteiger partial charge >= 0.3 is 12.0 Å². The Morgan fingerprint density at radius 3 is 2.28 bits per heavy atom. The van der Waals surface area contributed by atoms with Crippen molar-refractivity contribution in [2.24, 2.45) is 5.41 Å². The molecule has 0 aromatic heterocycles. The number of anilines is 1. The highest BCUT2D eigenvalue weighted by atomic mass is 19.1. The maximum absolute atomic E-state index is 14.1. The molecular weight excluding hydrogens is 334 g/mol. The molecule has 2 rings (SSSR count). The summed E-state index contributed by atoms with van der Waals surface area (Å²) in [6.07, 6.45) is 0.316. The molecule has 1 aliphatic rings. The topological polar surface area (TPSA) is 78.9 Å². The Labute approximate surface area is 144 Å². The van der Waals surface area contributed by atoms with E-state index in [4.69, 9.17) is 4.74 Å². The Bertz CT molecular complexity index is 679. The Balaban J connectivity index is 2.11. The van der Waals surface area contributed by atoms with Crippen LogP contribution in [-0.2, 0) is 4.79 Å². The Morgan fingerprint density at radius 2 is 1.84 bits per heavy atom. The highest BCUT2D eigenvalue weighted by molar-refractivity contribution is 5.90. The van der Waals surface area contributed by atoms with E-state index in [1.807, 2.05) is 0 Å². The molecule has 2 N–H and O–H groups in total. The summed E-state index contributed by atoms with van der Waals surface area (Å²) in [4.78, 5) is 24.7. The maximum Gasteiger partial charge on any atom is 0.321 e. The second kappa shape index (κ2) is 6.50. The number of amides is 2. The highest BCUT2D eigenvalue weighted by Crippen LogP contribution is 2.32. The number of nitrogens with one attached hydrogen (secondary N) is 1. The van der Waals surface area contributed by atoms with Crippen molar-refractivity contribution in [1.82, 2.24) is 4.90 Å². The third-order valence-corrected chi connectivity index (χ3v) is 3.93. The van der Waals surface area contributed by atoms with Crippen LogP contribution in [0.15, 0.2) is 12.1 Å². The number of carbonyl (C=O) groups excluding carboxylic acids is 1. The summed E-state index contributed by atoms with van der Waals surface area (Å²) < 4.78 is 33.4. The molecule has 0 bridgehead atoms. The molecule has 6 nitrogen and oxygen atoms in total. The van der Waals surface area contributed by atoms with E-state index in [2.05, 4.69) is 5.32 Å². The molecule has 25 heavy (non-hydrogen) atoms. The summed E-state index contributed by atoms with van der Waals surface area (Å²) in [7, 11) is 0. The molecule has 0 spiro atoms. The van der Waals surface area contributed by atoms with Gasteiger partial charge in [0.15, 0.2) is 17.4 Å². The summed E-state index contributed by atoms with van der Waals surface area (Å²) in [5, 5.41) is 11.6. The average Bonchev–Trinajstić information content (AvgIpc) is 2.86. The quantitative estimate of drug-likeness (QED) is 0.869. The van der Waals surface area contributed by atoms with E-state index < -0.39 is 40.4 Å². The second-order valence-electron chi connectivity index (χ2n) is 7.45. The van der Waals surface area contributed by atoms with Crippen molar-refractivity contribution in [3.8, 4) is 5.75 Å². The van der Waals surface area contributed by atoms with Crippen LogP contribution in [0.25, 0.3) is 0 Å². The number of likely N-dealkylation sites (tertiary alicyclic amines) is 1. The first-order valence-electron chi connectivity index (χ1n) is 7.89. The van der Waals surface area contributed by atoms with Gasteiger partial charge in [-0.3, -0.25) is 4.79 Å². The Morgan fingerprint density at radius 1 is 1.28 bits per heavy atom. The van der Waals surface area contributed by atoms with Crippen LogP contribution >= 0.6 is 0 Å². The maximum atomic E-state index is 14.1. The van der Waals surface area contributed by atoms with Crippen LogP contribution < -0.4 is 10.1 Å². The van der Waals surface area contributed by atoms with E-state index in [1.165, 1.54) is 4.90 Å². The molecule has 1 heterocycles. The SMILES string of the molecule is CC(C)(C)Oc1c(F)cc(NC(=O)N2CCC(C)(C(=O)O)C2)cc1F. The molecule has 1 atom stereocenters. The number of halogens is 2. The van der Waals surface area contributed by atoms with Gasteiger partial charge in [-0.05, 0) is 34.1 Å². The number of hydrogen-bond donors (Lipinski definition) is 2. The van der Waals surface area contributed by atoms with Gasteiger partial charge in [-0.2, -0.15) is 0 Å². The zero-order valence-corrected chi connectivity index (χ0v) is 14.7. The van der Waals surface area contributed by atoms with Crippen molar-refractivity contribution >= 4 is 17.7 Å². The van der Waals surface area contributed by atoms with Crippen LogP contribution in [0.3, 0.4) is 0 Å². The van der Waals surface area contributed by atoms with Crippen LogP contribution in [0.2, 0.25) is 0 Å². The monoisotopic (exact) mass is 356 g/mol. The lowest BCUT2D eigenvalue weighted by atomic mass is 9.90. The van der Waals surface area contributed by atoms with Crippen LogP contribution in [0, 0.1) is 17.0 Å². The Hall–Kier alpha value is -2.38. The van der Waals surface area contributed by atoms with Crippen molar-refractivity contribution in [1.29, 1.82) is 0 Å². The first-order valence-corrected chi connectivity index (χ1v) is 7.89. The number of aliphatic carboxylic acids is 1. The van der Waals surface area contributed by atoms with Crippen molar-refractivity contribution in [3.63, 3.8) is 0 Å². The molecule has 0 saturated carbocycles. The van der Waals surface area contributed by atoms with Crippen LogP contribution in [-0.4, -0.2) is 40.7 Å². The van der Waals surface area contributed by atoms with E-state index in [9.17, 15) is 23.5 Å². The number of nitrogens with zero attached hydrogens (tertiary/aromatic N) is 1. The van der Waals surface area contributed by atoms with Gasteiger partial charge in [0.25, 0.3) is 0 Å². The fraction of sp³-hybridized carbons (Fsp3) is 0.529. The Kier molecular flexibility index (Phi) is 4.92. The number of carboxylic acid groups (broad SMARTS) is 1. The predicted octanol–water partition coefficient (Wildman–Crippen LogP) is 3.47. The van der Waals surface area contributed by atoms with Crippen molar-refractivity contribution < 1.29 is 28.2 Å². The van der Waals surface area contributed by atoms with Gasteiger partial charge in [-0.1, -0.05) is 0 Å². The smallest absolute Gasteiger partial charge is 0.321 e. The van der Waals surface area contributed by atoms with E-state index >= 15 is 0 Å². The molecule has 2 amide bonds. The van der Waals surface area contributed by atoms with Gasteiger partial charge in [-0.25, -0.2) is 13.6 Å². The molecule has 1 fully saturated rings. The number of carboxylic acids is 1. The lowest BCUT2D eigenvalue weighted by Gasteiger charge is -2.23. The molecular formula is C17H22F2N2O4. The lowest BCUT2D eigenvalue weighted by molar-refractivity contribution is -0.146. The molecule has 138 valence electrons. The van der Waals surface area contributed by atoms with Gasteiger partial charge in [0.1, 0.15) is 5.60 Å². The lowest BCUT2D eigenvalue weighted by Crippen LogP contribution is -2.37. The number of hydrogen-bond acceptors (Lipinski definition) is 3. The molecule has 1 aliphatic heterocycles. The van der Waals surface area contributed by atoms with E-state index in [0.717, 1.165) is 12.1 Å². The minimum Gasteiger partial charge on any atom is -0.482 e. The third kappa shape index (κ3) is 4.37. The van der Waals surface area contributed by atoms with Gasteiger partial charge in [0, 0.05) is 30.9 Å². The zero-order valence-electron chi connectivity index (χ0n) is 14.7. The van der Waals surface area contributed by atoms with Gasteiger partial charge in [0.2, 0.25) is 0 Å². The van der Waals surface area contributed by atoms with Crippen molar-refractivity contribution in [2.75, 3.05) is 18.4 Å². The third-order valence-electron chi connectivity index (χ3n) is 3.93. The zero-order chi connectivity index (χ0) is 19.0. The molecule has 0 radical (unpaired) electrons. The molecule has 0 aliphatic carbocycles. The average molecular weight is 356 g/mol. The number of urea groups is 1. The molecule has 1 saturated heterocycles. The highest BCUT2D eigenvalue weighted by Gasteiger charge is 2.42. The molecule has 1 unspecified atom stereocenters. The van der Waals surface area contributed by atoms with E-state index in [-0.39, 0.29) is 18.8 Å². The summed E-state index contributed by atoms with van der Waals surface area (Å²) in [5.41, 5.74) is -1.85. The van der Waals surface area contributed by atoms with E-state index in [0.29, 0.717) is 6.42 Å². The normalized spacial score (nSPS) is 20.5. The van der Waals surface area contributed by atoms with Gasteiger partial charge in [-0.15, -0.1) is 0 Å². The predicted molar refractivity (Wildman–Crippen MR) is 87.7 cm³/mol. The van der Waals surface area contributed by atoms with Gasteiger partial charge < -0.3 is 20.1 Å². The summed E-state index contributed by atoms with van der Waals surface area (Å²) in [6, 6.07) is 1.33. The van der Waals surface area contributed by atoms with Crippen LogP contribution in [0.5, 0.6) is 5.75 Å². The van der Waals surface area contributed by atoms with Crippen molar-refractivity contribution in [2.45, 2.75) is 39.7 Å². The first kappa shape index (κ1) is 19.0. The first-order chi connectivity index (χ1) is 11.4.